The van der Waals surface area contributed by atoms with Gasteiger partial charge in [0.05, 0.1) is 11.0 Å². The zero-order chi connectivity index (χ0) is 17.3. The average Bonchev–Trinajstić information content (AvgIpc) is 3.03. The summed E-state index contributed by atoms with van der Waals surface area (Å²) in [5, 5.41) is 20.8. The Kier molecular flexibility index (Phi) is 2.74. The first-order valence-electron chi connectivity index (χ1n) is 8.27. The lowest BCUT2D eigenvalue weighted by atomic mass is 9.66. The van der Waals surface area contributed by atoms with Crippen LogP contribution >= 0.6 is 0 Å². The van der Waals surface area contributed by atoms with Crippen LogP contribution in [0, 0.1) is 38.2 Å². The predicted molar refractivity (Wildman–Crippen MR) is 86.0 cm³/mol. The number of nitro benzene ring substituents is 1. The third-order valence-electron chi connectivity index (χ3n) is 7.31. The summed E-state index contributed by atoms with van der Waals surface area (Å²) in [7, 11) is 0. The van der Waals surface area contributed by atoms with Gasteiger partial charge in [0.25, 0.3) is 11.6 Å². The molecule has 0 radical (unpaired) electrons. The predicted octanol–water partition coefficient (Wildman–Crippen LogP) is 3.14. The molecular weight excluding hydrogens is 306 g/mol. The third kappa shape index (κ3) is 1.44. The first-order chi connectivity index (χ1) is 11.3. The van der Waals surface area contributed by atoms with Crippen molar-refractivity contribution in [3.05, 3.63) is 39.9 Å². The molecular formula is C18H19N3O3. The maximum Gasteiger partial charge on any atom is 0.269 e. The molecule has 6 nitrogen and oxygen atoms in total. The third-order valence-corrected chi connectivity index (χ3v) is 7.31. The fourth-order valence-electron chi connectivity index (χ4n) is 5.64. The van der Waals surface area contributed by atoms with E-state index in [-0.39, 0.29) is 22.4 Å². The van der Waals surface area contributed by atoms with Crippen LogP contribution < -0.4 is 0 Å². The van der Waals surface area contributed by atoms with Gasteiger partial charge in [0.15, 0.2) is 0 Å². The van der Waals surface area contributed by atoms with Crippen LogP contribution in [-0.4, -0.2) is 27.8 Å². The summed E-state index contributed by atoms with van der Waals surface area (Å²) in [6, 6.07) is 8.15. The number of hydrogen-bond donors (Lipinski definition) is 0. The zero-order valence-electron chi connectivity index (χ0n) is 13.8. The number of carbonyl (C=O) groups excluding carboxylic acids is 1. The molecule has 3 aliphatic rings. The highest BCUT2D eigenvalue weighted by molar-refractivity contribution is 5.96. The minimum Gasteiger partial charge on any atom is -0.319 e. The summed E-state index contributed by atoms with van der Waals surface area (Å²) in [6.07, 6.45) is 2.86. The van der Waals surface area contributed by atoms with Crippen molar-refractivity contribution in [3.8, 4) is 6.07 Å². The Balaban J connectivity index is 1.72. The molecule has 1 heterocycles. The number of piperidine rings is 1. The second-order valence-electron chi connectivity index (χ2n) is 7.86. The Labute approximate surface area is 140 Å². The van der Waals surface area contributed by atoms with Crippen molar-refractivity contribution in [3.63, 3.8) is 0 Å². The van der Waals surface area contributed by atoms with Crippen LogP contribution in [0.15, 0.2) is 24.3 Å². The Morgan fingerprint density at radius 1 is 1.38 bits per heavy atom. The number of amides is 1. The molecule has 2 aliphatic carbocycles. The van der Waals surface area contributed by atoms with Crippen molar-refractivity contribution in [1.29, 1.82) is 5.26 Å². The van der Waals surface area contributed by atoms with Gasteiger partial charge in [0, 0.05) is 29.7 Å². The molecule has 24 heavy (non-hydrogen) atoms. The molecule has 6 heteroatoms. The summed E-state index contributed by atoms with van der Waals surface area (Å²) < 4.78 is 0. The number of likely N-dealkylation sites (tertiary alicyclic amines) is 1. The van der Waals surface area contributed by atoms with Gasteiger partial charge in [-0.25, -0.2) is 0 Å². The van der Waals surface area contributed by atoms with E-state index in [2.05, 4.69) is 19.9 Å². The van der Waals surface area contributed by atoms with Crippen molar-refractivity contribution in [2.24, 2.45) is 16.7 Å². The lowest BCUT2D eigenvalue weighted by molar-refractivity contribution is -0.384. The van der Waals surface area contributed by atoms with Crippen LogP contribution in [0.25, 0.3) is 0 Å². The van der Waals surface area contributed by atoms with E-state index >= 15 is 0 Å². The minimum atomic E-state index is -0.747. The van der Waals surface area contributed by atoms with Crippen molar-refractivity contribution < 1.29 is 9.72 Å². The normalized spacial score (nSPS) is 39.0. The molecule has 4 rings (SSSR count). The fraction of sp³-hybridized carbons (Fsp3) is 0.556. The Bertz CT molecular complexity index is 799. The molecule has 4 atom stereocenters. The molecule has 0 aromatic heterocycles. The average molecular weight is 325 g/mol. The SMILES string of the molecule is C[C@@]12CC[C@@H]3C[C@@]1(C#N)N(C(=O)c1ccc([N+](=O)[O-])cc1)C[C@@]32C. The van der Waals surface area contributed by atoms with Gasteiger partial charge in [-0.05, 0) is 42.7 Å². The van der Waals surface area contributed by atoms with Gasteiger partial charge < -0.3 is 4.90 Å². The summed E-state index contributed by atoms with van der Waals surface area (Å²) in [5.74, 6) is 0.310. The van der Waals surface area contributed by atoms with E-state index in [0.29, 0.717) is 18.0 Å². The Morgan fingerprint density at radius 3 is 2.58 bits per heavy atom. The highest BCUT2D eigenvalue weighted by Crippen LogP contribution is 2.75. The summed E-state index contributed by atoms with van der Waals surface area (Å²) >= 11 is 0. The number of nitriles is 1. The maximum atomic E-state index is 13.0. The van der Waals surface area contributed by atoms with Gasteiger partial charge in [-0.15, -0.1) is 0 Å². The van der Waals surface area contributed by atoms with Crippen LogP contribution in [-0.2, 0) is 0 Å². The number of rotatable bonds is 2. The van der Waals surface area contributed by atoms with Crippen LogP contribution in [0.1, 0.15) is 43.5 Å². The van der Waals surface area contributed by atoms with Crippen LogP contribution in [0.2, 0.25) is 0 Å². The van der Waals surface area contributed by atoms with Gasteiger partial charge >= 0.3 is 0 Å². The maximum absolute atomic E-state index is 13.0. The van der Waals surface area contributed by atoms with Crippen LogP contribution in [0.4, 0.5) is 5.69 Å². The highest BCUT2D eigenvalue weighted by Gasteiger charge is 2.78. The molecule has 3 fully saturated rings. The molecule has 1 amide bonds. The lowest BCUT2D eigenvalue weighted by Crippen LogP contribution is -2.54. The van der Waals surface area contributed by atoms with E-state index in [0.717, 1.165) is 19.3 Å². The molecule has 0 spiro atoms. The molecule has 0 unspecified atom stereocenters. The first kappa shape index (κ1) is 15.1. The van der Waals surface area contributed by atoms with E-state index < -0.39 is 10.5 Å². The number of hydrogen-bond acceptors (Lipinski definition) is 4. The molecule has 0 N–H and O–H groups in total. The van der Waals surface area contributed by atoms with Crippen molar-refractivity contribution in [2.75, 3.05) is 6.54 Å². The molecule has 2 saturated carbocycles. The van der Waals surface area contributed by atoms with Gasteiger partial charge in [-0.2, -0.15) is 5.26 Å². The van der Waals surface area contributed by atoms with Crippen molar-refractivity contribution in [2.45, 2.75) is 38.6 Å². The zero-order valence-corrected chi connectivity index (χ0v) is 13.8. The monoisotopic (exact) mass is 325 g/mol. The fourth-order valence-corrected chi connectivity index (χ4v) is 5.64. The molecule has 1 aromatic rings. The largest absolute Gasteiger partial charge is 0.319 e. The van der Waals surface area contributed by atoms with Gasteiger partial charge in [-0.1, -0.05) is 13.8 Å². The van der Waals surface area contributed by atoms with Gasteiger partial charge in [0.1, 0.15) is 5.54 Å². The van der Waals surface area contributed by atoms with Crippen LogP contribution in [0.5, 0.6) is 0 Å². The highest BCUT2D eigenvalue weighted by atomic mass is 16.6. The Morgan fingerprint density at radius 2 is 2.04 bits per heavy atom. The second-order valence-corrected chi connectivity index (χ2v) is 7.86. The van der Waals surface area contributed by atoms with E-state index in [4.69, 9.17) is 0 Å². The number of non-ortho nitro benzene ring substituents is 1. The number of nitro groups is 1. The number of benzene rings is 1. The smallest absolute Gasteiger partial charge is 0.269 e. The first-order valence-corrected chi connectivity index (χ1v) is 8.27. The van der Waals surface area contributed by atoms with E-state index in [1.165, 1.54) is 24.3 Å². The van der Waals surface area contributed by atoms with Crippen LogP contribution in [0.3, 0.4) is 0 Å². The quantitative estimate of drug-likeness (QED) is 0.617. The lowest BCUT2D eigenvalue weighted by Gasteiger charge is -2.43. The molecule has 124 valence electrons. The summed E-state index contributed by atoms with van der Waals surface area (Å²) in [6.45, 7) is 4.97. The number of carbonyl (C=O) groups is 1. The molecule has 1 aliphatic heterocycles. The van der Waals surface area contributed by atoms with E-state index in [9.17, 15) is 20.2 Å². The molecule has 1 saturated heterocycles. The van der Waals surface area contributed by atoms with Crippen molar-refractivity contribution in [1.82, 2.24) is 4.90 Å². The number of nitrogens with zero attached hydrogens (tertiary/aromatic N) is 3. The summed E-state index contributed by atoms with van der Waals surface area (Å²) in [4.78, 5) is 25.1. The minimum absolute atomic E-state index is 0.0147. The molecule has 4 bridgehead atoms. The van der Waals surface area contributed by atoms with E-state index in [1.807, 2.05) is 0 Å². The van der Waals surface area contributed by atoms with Gasteiger partial charge in [-0.3, -0.25) is 14.9 Å². The van der Waals surface area contributed by atoms with Gasteiger partial charge in [0.2, 0.25) is 0 Å². The second kappa shape index (κ2) is 4.35. The topological polar surface area (TPSA) is 87.2 Å². The molecule has 1 aromatic carbocycles. The van der Waals surface area contributed by atoms with Crippen molar-refractivity contribution >= 4 is 11.6 Å². The Hall–Kier alpha value is -2.42. The standard InChI is InChI=1S/C18H19N3O3/c1-16-11-20(15(22)12-3-5-14(6-4-12)21(23)24)18(10-19)9-13(16)7-8-17(16,18)2/h3-6,13H,7-9,11H2,1-2H3/t13-,16+,17+,18+/m1/s1. The summed E-state index contributed by atoms with van der Waals surface area (Å²) in [5.41, 5.74) is -0.563. The van der Waals surface area contributed by atoms with E-state index in [1.54, 1.807) is 4.90 Å².